The smallest absolute Gasteiger partial charge is 0.0247 e. The van der Waals surface area contributed by atoms with Gasteiger partial charge in [-0.1, -0.05) is 13.3 Å². The molecule has 3 aliphatic heterocycles. The zero-order chi connectivity index (χ0) is 12.4. The molecule has 3 nitrogen and oxygen atoms in total. The molecule has 0 amide bonds. The lowest BCUT2D eigenvalue weighted by Crippen LogP contribution is -2.50. The van der Waals surface area contributed by atoms with Crippen molar-refractivity contribution in [2.75, 3.05) is 39.3 Å². The van der Waals surface area contributed by atoms with E-state index in [1.54, 1.807) is 0 Å². The number of hydrogen-bond donors (Lipinski definition) is 1. The van der Waals surface area contributed by atoms with Crippen LogP contribution in [0.25, 0.3) is 0 Å². The molecule has 0 radical (unpaired) electrons. The number of nitrogens with zero attached hydrogens (tertiary/aromatic N) is 2. The lowest BCUT2D eigenvalue weighted by Gasteiger charge is -2.38. The number of piperidine rings is 2. The highest BCUT2D eigenvalue weighted by atomic mass is 15.3. The molecular weight excluding hydrogens is 222 g/mol. The van der Waals surface area contributed by atoms with Gasteiger partial charge in [0.25, 0.3) is 0 Å². The van der Waals surface area contributed by atoms with Crippen LogP contribution in [0.4, 0.5) is 0 Å². The summed E-state index contributed by atoms with van der Waals surface area (Å²) in [6.45, 7) is 10.3. The van der Waals surface area contributed by atoms with Gasteiger partial charge in [0.05, 0.1) is 0 Å². The molecule has 0 spiro atoms. The summed E-state index contributed by atoms with van der Waals surface area (Å²) in [5.41, 5.74) is 0. The average molecular weight is 251 g/mol. The Labute approximate surface area is 112 Å². The van der Waals surface area contributed by atoms with Crippen LogP contribution in [0, 0.1) is 5.92 Å². The summed E-state index contributed by atoms with van der Waals surface area (Å²) in [5, 5.41) is 3.58. The van der Waals surface area contributed by atoms with Crippen LogP contribution < -0.4 is 5.32 Å². The minimum atomic E-state index is 0.800. The molecule has 3 fully saturated rings. The first-order valence-corrected chi connectivity index (χ1v) is 8.03. The minimum Gasteiger partial charge on any atom is -0.315 e. The van der Waals surface area contributed by atoms with E-state index in [1.165, 1.54) is 71.4 Å². The summed E-state index contributed by atoms with van der Waals surface area (Å²) in [5.74, 6) is 0.881. The Kier molecular flexibility index (Phi) is 4.22. The highest BCUT2D eigenvalue weighted by molar-refractivity contribution is 4.91. The molecular formula is C15H29N3. The van der Waals surface area contributed by atoms with Crippen molar-refractivity contribution >= 4 is 0 Å². The van der Waals surface area contributed by atoms with E-state index in [4.69, 9.17) is 0 Å². The van der Waals surface area contributed by atoms with Crippen LogP contribution in [-0.4, -0.2) is 61.2 Å². The summed E-state index contributed by atoms with van der Waals surface area (Å²) in [6, 6.07) is 1.66. The van der Waals surface area contributed by atoms with Crippen molar-refractivity contribution < 1.29 is 0 Å². The van der Waals surface area contributed by atoms with E-state index in [0.29, 0.717) is 0 Å². The molecule has 3 aliphatic rings. The molecule has 18 heavy (non-hydrogen) atoms. The predicted octanol–water partition coefficient (Wildman–Crippen LogP) is 1.54. The Morgan fingerprint density at radius 2 is 1.78 bits per heavy atom. The van der Waals surface area contributed by atoms with Gasteiger partial charge in [0, 0.05) is 31.7 Å². The normalized spacial score (nSPS) is 40.2. The van der Waals surface area contributed by atoms with Gasteiger partial charge in [-0.2, -0.15) is 0 Å². The summed E-state index contributed by atoms with van der Waals surface area (Å²) < 4.78 is 0. The molecule has 0 aromatic carbocycles. The Balaban J connectivity index is 1.53. The molecule has 3 saturated heterocycles. The standard InChI is InChI=1S/C15H29N3/c1-13-5-7-16-11-15(13)18-10-6-14(12-18)17-8-3-2-4-9-17/h13-16H,2-12H2,1H3. The first-order valence-electron chi connectivity index (χ1n) is 8.03. The minimum absolute atomic E-state index is 0.800. The Morgan fingerprint density at radius 3 is 2.56 bits per heavy atom. The van der Waals surface area contributed by atoms with Gasteiger partial charge in [0.1, 0.15) is 0 Å². The van der Waals surface area contributed by atoms with Gasteiger partial charge in [-0.25, -0.2) is 0 Å². The van der Waals surface area contributed by atoms with E-state index in [-0.39, 0.29) is 0 Å². The highest BCUT2D eigenvalue weighted by Gasteiger charge is 2.34. The molecule has 0 aromatic heterocycles. The van der Waals surface area contributed by atoms with Crippen LogP contribution in [-0.2, 0) is 0 Å². The van der Waals surface area contributed by atoms with Gasteiger partial charge in [-0.15, -0.1) is 0 Å². The topological polar surface area (TPSA) is 18.5 Å². The fraction of sp³-hybridized carbons (Fsp3) is 1.00. The zero-order valence-electron chi connectivity index (χ0n) is 11.9. The van der Waals surface area contributed by atoms with Crippen molar-refractivity contribution in [3.05, 3.63) is 0 Å². The third-order valence-corrected chi connectivity index (χ3v) is 5.36. The van der Waals surface area contributed by atoms with Crippen LogP contribution in [0.5, 0.6) is 0 Å². The number of rotatable bonds is 2. The fourth-order valence-electron chi connectivity index (χ4n) is 4.11. The van der Waals surface area contributed by atoms with Crippen molar-refractivity contribution in [1.29, 1.82) is 0 Å². The Morgan fingerprint density at radius 1 is 0.944 bits per heavy atom. The van der Waals surface area contributed by atoms with Crippen molar-refractivity contribution in [3.63, 3.8) is 0 Å². The van der Waals surface area contributed by atoms with E-state index in [2.05, 4.69) is 22.0 Å². The van der Waals surface area contributed by atoms with Crippen molar-refractivity contribution in [1.82, 2.24) is 15.1 Å². The lowest BCUT2D eigenvalue weighted by atomic mass is 9.94. The third-order valence-electron chi connectivity index (χ3n) is 5.36. The molecule has 3 atom stereocenters. The van der Waals surface area contributed by atoms with E-state index >= 15 is 0 Å². The first kappa shape index (κ1) is 12.9. The van der Waals surface area contributed by atoms with Gasteiger partial charge in [-0.05, 0) is 51.2 Å². The molecule has 0 aliphatic carbocycles. The van der Waals surface area contributed by atoms with Crippen molar-refractivity contribution in [3.8, 4) is 0 Å². The zero-order valence-corrected chi connectivity index (χ0v) is 11.9. The van der Waals surface area contributed by atoms with Crippen LogP contribution >= 0.6 is 0 Å². The molecule has 104 valence electrons. The van der Waals surface area contributed by atoms with Crippen LogP contribution in [0.2, 0.25) is 0 Å². The summed E-state index contributed by atoms with van der Waals surface area (Å²) in [7, 11) is 0. The summed E-state index contributed by atoms with van der Waals surface area (Å²) >= 11 is 0. The Bertz CT molecular complexity index is 262. The van der Waals surface area contributed by atoms with E-state index in [0.717, 1.165) is 18.0 Å². The quantitative estimate of drug-likeness (QED) is 0.803. The maximum atomic E-state index is 3.58. The van der Waals surface area contributed by atoms with Crippen LogP contribution in [0.3, 0.4) is 0 Å². The molecule has 3 rings (SSSR count). The van der Waals surface area contributed by atoms with Crippen LogP contribution in [0.15, 0.2) is 0 Å². The van der Waals surface area contributed by atoms with E-state index < -0.39 is 0 Å². The monoisotopic (exact) mass is 251 g/mol. The van der Waals surface area contributed by atoms with Crippen molar-refractivity contribution in [2.24, 2.45) is 5.92 Å². The van der Waals surface area contributed by atoms with E-state index in [9.17, 15) is 0 Å². The first-order chi connectivity index (χ1) is 8.84. The van der Waals surface area contributed by atoms with Crippen LogP contribution in [0.1, 0.15) is 39.0 Å². The summed E-state index contributed by atoms with van der Waals surface area (Å²) in [4.78, 5) is 5.54. The average Bonchev–Trinajstić information content (AvgIpc) is 2.90. The molecule has 3 heterocycles. The SMILES string of the molecule is CC1CCNCC1N1CCC(N2CCCCC2)C1. The Hall–Kier alpha value is -0.120. The highest BCUT2D eigenvalue weighted by Crippen LogP contribution is 2.25. The number of likely N-dealkylation sites (tertiary alicyclic amines) is 2. The molecule has 3 heteroatoms. The van der Waals surface area contributed by atoms with Gasteiger partial charge < -0.3 is 5.32 Å². The molecule has 0 aromatic rings. The van der Waals surface area contributed by atoms with Gasteiger partial charge >= 0.3 is 0 Å². The molecule has 1 N–H and O–H groups in total. The second-order valence-corrected chi connectivity index (χ2v) is 6.57. The third kappa shape index (κ3) is 2.73. The van der Waals surface area contributed by atoms with Gasteiger partial charge in [-0.3, -0.25) is 9.80 Å². The molecule has 0 saturated carbocycles. The number of nitrogens with one attached hydrogen (secondary N) is 1. The van der Waals surface area contributed by atoms with Crippen molar-refractivity contribution in [2.45, 2.75) is 51.1 Å². The lowest BCUT2D eigenvalue weighted by molar-refractivity contribution is 0.122. The molecule has 3 unspecified atom stereocenters. The number of hydrogen-bond acceptors (Lipinski definition) is 3. The summed E-state index contributed by atoms with van der Waals surface area (Å²) in [6.07, 6.45) is 7.07. The second-order valence-electron chi connectivity index (χ2n) is 6.57. The van der Waals surface area contributed by atoms with Gasteiger partial charge in [0.15, 0.2) is 0 Å². The molecule has 0 bridgehead atoms. The van der Waals surface area contributed by atoms with Gasteiger partial charge in [0.2, 0.25) is 0 Å². The largest absolute Gasteiger partial charge is 0.315 e. The maximum absolute atomic E-state index is 3.58. The second kappa shape index (κ2) is 5.89. The fourth-order valence-corrected chi connectivity index (χ4v) is 4.11. The predicted molar refractivity (Wildman–Crippen MR) is 75.8 cm³/mol. The maximum Gasteiger partial charge on any atom is 0.0247 e. The van der Waals surface area contributed by atoms with E-state index in [1.807, 2.05) is 0 Å².